The zero-order chi connectivity index (χ0) is 23.1. The van der Waals surface area contributed by atoms with Crippen LogP contribution in [-0.2, 0) is 24.0 Å². The van der Waals surface area contributed by atoms with Gasteiger partial charge in [0.2, 0.25) is 6.61 Å². The Morgan fingerprint density at radius 2 is 2.10 bits per heavy atom. The summed E-state index contributed by atoms with van der Waals surface area (Å²) in [7, 11) is 0. The molecule has 15 heteroatoms. The van der Waals surface area contributed by atoms with E-state index < -0.39 is 47.5 Å². The molecule has 0 radical (unpaired) electrons. The number of carboxylic acids is 3. The Bertz CT molecular complexity index is 986. The zero-order valence-corrected chi connectivity index (χ0v) is 17.5. The van der Waals surface area contributed by atoms with E-state index in [1.807, 2.05) is 0 Å². The Balaban J connectivity index is 2.32. The third-order valence-corrected chi connectivity index (χ3v) is 5.55. The van der Waals surface area contributed by atoms with E-state index in [4.69, 9.17) is 10.8 Å². The van der Waals surface area contributed by atoms with Gasteiger partial charge in [0.1, 0.15) is 16.8 Å². The fraction of sp³-hybridized carbons (Fsp3) is 0.312. The summed E-state index contributed by atoms with van der Waals surface area (Å²) in [6.07, 6.45) is 1.56. The van der Waals surface area contributed by atoms with Crippen LogP contribution in [0.3, 0.4) is 0 Å². The van der Waals surface area contributed by atoms with Gasteiger partial charge in [-0.05, 0) is 12.5 Å². The quantitative estimate of drug-likeness (QED) is 0.232. The minimum Gasteiger partial charge on any atom is -0.480 e. The summed E-state index contributed by atoms with van der Waals surface area (Å²) < 4.78 is 0. The summed E-state index contributed by atoms with van der Waals surface area (Å²) in [5.41, 5.74) is 5.11. The molecule has 1 amide bonds. The van der Waals surface area contributed by atoms with Gasteiger partial charge in [0.05, 0.1) is 0 Å². The van der Waals surface area contributed by atoms with Gasteiger partial charge in [-0.3, -0.25) is 9.79 Å². The molecule has 0 spiro atoms. The van der Waals surface area contributed by atoms with Gasteiger partial charge in [-0.1, -0.05) is 11.2 Å². The lowest BCUT2D eigenvalue weighted by atomic mass is 10.1. The van der Waals surface area contributed by atoms with E-state index in [0.717, 1.165) is 23.1 Å². The van der Waals surface area contributed by atoms with Crippen LogP contribution >= 0.6 is 23.1 Å². The molecule has 6 N–H and O–H groups in total. The molecule has 2 rings (SSSR count). The number of carbonyl (C=O) groups excluding carboxylic acids is 1. The Morgan fingerprint density at radius 1 is 1.39 bits per heavy atom. The number of aliphatic carboxylic acids is 3. The van der Waals surface area contributed by atoms with Crippen molar-refractivity contribution in [1.29, 1.82) is 0 Å². The fourth-order valence-electron chi connectivity index (χ4n) is 2.29. The molecular formula is C16H17N5O8S2. The van der Waals surface area contributed by atoms with E-state index in [9.17, 15) is 29.4 Å². The maximum Gasteiger partial charge on any atom is 0.354 e. The zero-order valence-electron chi connectivity index (χ0n) is 15.8. The second-order valence-corrected chi connectivity index (χ2v) is 7.76. The van der Waals surface area contributed by atoms with Gasteiger partial charge in [-0.25, -0.2) is 19.4 Å². The van der Waals surface area contributed by atoms with Crippen molar-refractivity contribution < 1.29 is 39.3 Å². The van der Waals surface area contributed by atoms with Crippen molar-refractivity contribution in [1.82, 2.24) is 10.3 Å². The molecule has 0 saturated heterocycles. The summed E-state index contributed by atoms with van der Waals surface area (Å²) in [5.74, 6) is -5.01. The first-order valence-electron chi connectivity index (χ1n) is 8.39. The van der Waals surface area contributed by atoms with Gasteiger partial charge >= 0.3 is 17.9 Å². The first-order chi connectivity index (χ1) is 14.6. The van der Waals surface area contributed by atoms with Gasteiger partial charge in [-0.2, -0.15) is 0 Å². The Morgan fingerprint density at radius 3 is 2.61 bits per heavy atom. The molecule has 13 nitrogen and oxygen atoms in total. The number of hydrogen-bond donors (Lipinski definition) is 5. The number of allylic oxidation sites excluding steroid dienone is 1. The van der Waals surface area contributed by atoms with Crippen LogP contribution in [-0.4, -0.2) is 79.3 Å². The number of aliphatic imine (C=N–C) groups is 1. The van der Waals surface area contributed by atoms with Crippen molar-refractivity contribution in [2.24, 2.45) is 10.1 Å². The summed E-state index contributed by atoms with van der Waals surface area (Å²) in [4.78, 5) is 59.0. The van der Waals surface area contributed by atoms with Crippen LogP contribution in [0.5, 0.6) is 0 Å². The average molecular weight is 471 g/mol. The summed E-state index contributed by atoms with van der Waals surface area (Å²) in [5, 5.41) is 33.5. The minimum absolute atomic E-state index is 0.0586. The molecule has 2 atom stereocenters. The Kier molecular flexibility index (Phi) is 8.09. The topological polar surface area (TPSA) is 214 Å². The third kappa shape index (κ3) is 6.26. The number of nitrogens with one attached hydrogen (secondary N) is 1. The van der Waals surface area contributed by atoms with E-state index in [0.29, 0.717) is 5.57 Å². The van der Waals surface area contributed by atoms with Gasteiger partial charge in [0, 0.05) is 11.1 Å². The molecular weight excluding hydrogens is 454 g/mol. The minimum atomic E-state index is -1.62. The molecule has 1 aliphatic rings. The fourth-order valence-corrected chi connectivity index (χ4v) is 4.05. The number of amides is 1. The van der Waals surface area contributed by atoms with Crippen molar-refractivity contribution in [2.45, 2.75) is 18.3 Å². The molecule has 31 heavy (non-hydrogen) atoms. The lowest BCUT2D eigenvalue weighted by Crippen LogP contribution is -2.50. The molecule has 0 aliphatic carbocycles. The van der Waals surface area contributed by atoms with Crippen molar-refractivity contribution in [2.75, 3.05) is 18.1 Å². The summed E-state index contributed by atoms with van der Waals surface area (Å²) in [6.45, 7) is 0.778. The number of thiazole rings is 1. The molecule has 0 bridgehead atoms. The lowest BCUT2D eigenvalue weighted by Gasteiger charge is -2.26. The summed E-state index contributed by atoms with van der Waals surface area (Å²) >= 11 is 2.00. The number of carboxylic acid groups (broad SMARTS) is 3. The van der Waals surface area contributed by atoms with Crippen LogP contribution in [0, 0.1) is 0 Å². The number of thioether (sulfide) groups is 1. The van der Waals surface area contributed by atoms with E-state index in [1.165, 1.54) is 5.38 Å². The van der Waals surface area contributed by atoms with Crippen molar-refractivity contribution >= 4 is 63.5 Å². The van der Waals surface area contributed by atoms with Gasteiger partial charge in [0.25, 0.3) is 5.91 Å². The highest BCUT2D eigenvalue weighted by molar-refractivity contribution is 8.00. The number of oxime groups is 1. The number of nitrogens with zero attached hydrogens (tertiary/aromatic N) is 3. The number of nitrogens with two attached hydrogens (primary N) is 1. The van der Waals surface area contributed by atoms with Crippen LogP contribution in [0.1, 0.15) is 12.6 Å². The number of nitrogen functional groups attached to an aromatic ring is 1. The van der Waals surface area contributed by atoms with Crippen molar-refractivity contribution in [3.63, 3.8) is 0 Å². The molecule has 1 aromatic heterocycles. The monoisotopic (exact) mass is 471 g/mol. The Hall–Kier alpha value is -3.46. The first kappa shape index (κ1) is 23.8. The van der Waals surface area contributed by atoms with E-state index in [1.54, 1.807) is 13.0 Å². The van der Waals surface area contributed by atoms with Crippen LogP contribution in [0.2, 0.25) is 0 Å². The SMILES string of the molecule is C/C=C1\CS[C@@H]([C@@H](NC(=O)/C(=N\OCC(=O)O)c2csc(N)n2)C(=O)O)N=C1C(=O)O. The number of aromatic nitrogens is 1. The number of rotatable bonds is 9. The maximum atomic E-state index is 12.7. The largest absolute Gasteiger partial charge is 0.480 e. The lowest BCUT2D eigenvalue weighted by molar-refractivity contribution is -0.142. The smallest absolute Gasteiger partial charge is 0.354 e. The number of hydrogen-bond acceptors (Lipinski definition) is 11. The van der Waals surface area contributed by atoms with Crippen LogP contribution in [0.15, 0.2) is 27.2 Å². The highest BCUT2D eigenvalue weighted by atomic mass is 32.2. The van der Waals surface area contributed by atoms with Crippen LogP contribution in [0.25, 0.3) is 0 Å². The van der Waals surface area contributed by atoms with Crippen LogP contribution in [0.4, 0.5) is 5.13 Å². The standard InChI is InChI=1S/C16H17N5O8S2/c1-2-6-4-30-13(20-9(6)14(25)26)11(15(27)28)19-12(24)10(21-29-3-8(22)23)7-5-31-16(17)18-7/h2,5,11,13H,3-4H2,1H3,(H2,17,18)(H,19,24)(H,22,23)(H,25,26)(H,27,28)/b6-2+,21-10-/t11-,13+/m1/s1. The first-order valence-corrected chi connectivity index (χ1v) is 10.3. The van der Waals surface area contributed by atoms with Crippen molar-refractivity contribution in [3.8, 4) is 0 Å². The number of carbonyl (C=O) groups is 4. The molecule has 0 fully saturated rings. The molecule has 1 aliphatic heterocycles. The van der Waals surface area contributed by atoms with Gasteiger partial charge in [-0.15, -0.1) is 23.1 Å². The average Bonchev–Trinajstić information content (AvgIpc) is 3.14. The molecule has 166 valence electrons. The maximum absolute atomic E-state index is 12.7. The predicted octanol–water partition coefficient (Wildman–Crippen LogP) is -0.355. The third-order valence-electron chi connectivity index (χ3n) is 3.68. The van der Waals surface area contributed by atoms with E-state index in [2.05, 4.69) is 25.3 Å². The molecule has 0 saturated carbocycles. The molecule has 1 aromatic rings. The van der Waals surface area contributed by atoms with E-state index in [-0.39, 0.29) is 22.3 Å². The van der Waals surface area contributed by atoms with Crippen molar-refractivity contribution in [3.05, 3.63) is 22.7 Å². The van der Waals surface area contributed by atoms with Gasteiger partial charge < -0.3 is 31.2 Å². The highest BCUT2D eigenvalue weighted by Crippen LogP contribution is 2.26. The Labute approximate surface area is 182 Å². The molecule has 0 aromatic carbocycles. The molecule has 2 heterocycles. The van der Waals surface area contributed by atoms with E-state index >= 15 is 0 Å². The highest BCUT2D eigenvalue weighted by Gasteiger charge is 2.36. The second kappa shape index (κ2) is 10.5. The number of anilines is 1. The second-order valence-electron chi connectivity index (χ2n) is 5.77. The predicted molar refractivity (Wildman–Crippen MR) is 111 cm³/mol. The molecule has 0 unspecified atom stereocenters. The van der Waals surface area contributed by atoms with Gasteiger partial charge in [0.15, 0.2) is 16.9 Å². The van der Waals surface area contributed by atoms with Crippen LogP contribution < -0.4 is 11.1 Å². The normalized spacial score (nSPS) is 18.7. The summed E-state index contributed by atoms with van der Waals surface area (Å²) in [6, 6.07) is -1.62.